The summed E-state index contributed by atoms with van der Waals surface area (Å²) in [6.07, 6.45) is 1.65. The van der Waals surface area contributed by atoms with Gasteiger partial charge in [0.05, 0.1) is 4.90 Å². The van der Waals surface area contributed by atoms with Gasteiger partial charge in [-0.05, 0) is 54.7 Å². The molecular weight excluding hydrogens is 376 g/mol. The number of ether oxygens (including phenoxy) is 1. The van der Waals surface area contributed by atoms with Crippen LogP contribution < -0.4 is 10.1 Å². The molecule has 0 aromatic heterocycles. The van der Waals surface area contributed by atoms with Crippen molar-refractivity contribution in [3.63, 3.8) is 0 Å². The van der Waals surface area contributed by atoms with Gasteiger partial charge in [-0.25, -0.2) is 12.7 Å². The van der Waals surface area contributed by atoms with Gasteiger partial charge in [-0.3, -0.25) is 4.79 Å². The number of para-hydroxylation sites is 1. The van der Waals surface area contributed by atoms with Gasteiger partial charge in [0, 0.05) is 19.8 Å². The summed E-state index contributed by atoms with van der Waals surface area (Å²) >= 11 is 0. The van der Waals surface area contributed by atoms with Crippen molar-refractivity contribution in [1.82, 2.24) is 4.31 Å². The lowest BCUT2D eigenvalue weighted by Gasteiger charge is -2.16. The Kier molecular flexibility index (Phi) is 7.21. The molecule has 0 bridgehead atoms. The number of anilines is 1. The smallest absolute Gasteiger partial charge is 0.262 e. The Labute approximate surface area is 167 Å². The summed E-state index contributed by atoms with van der Waals surface area (Å²) in [5, 5.41) is 2.95. The molecule has 2 aromatic carbocycles. The average Bonchev–Trinajstić information content (AvgIpc) is 2.66. The fourth-order valence-electron chi connectivity index (χ4n) is 2.88. The molecule has 0 unspecified atom stereocenters. The monoisotopic (exact) mass is 404 g/mol. The van der Waals surface area contributed by atoms with E-state index in [0.29, 0.717) is 11.3 Å². The summed E-state index contributed by atoms with van der Waals surface area (Å²) in [5.74, 6) is 0.229. The maximum absolute atomic E-state index is 12.4. The van der Waals surface area contributed by atoms with Crippen LogP contribution in [0.4, 0.5) is 5.69 Å². The van der Waals surface area contributed by atoms with Crippen molar-refractivity contribution in [2.45, 2.75) is 38.5 Å². The second-order valence-electron chi connectivity index (χ2n) is 6.71. The van der Waals surface area contributed by atoms with Crippen LogP contribution in [0.3, 0.4) is 0 Å². The van der Waals surface area contributed by atoms with Gasteiger partial charge in [0.25, 0.3) is 5.91 Å². The summed E-state index contributed by atoms with van der Waals surface area (Å²) in [6.45, 7) is 5.70. The fourth-order valence-corrected chi connectivity index (χ4v) is 3.86. The van der Waals surface area contributed by atoms with Gasteiger partial charge in [0.2, 0.25) is 10.0 Å². The maximum Gasteiger partial charge on any atom is 0.262 e. The van der Waals surface area contributed by atoms with Crippen LogP contribution in [0.25, 0.3) is 0 Å². The number of aryl methyl sites for hydroxylation is 3. The molecule has 0 aliphatic rings. The van der Waals surface area contributed by atoms with Crippen LogP contribution in [0.1, 0.15) is 30.5 Å². The third kappa shape index (κ3) is 4.91. The summed E-state index contributed by atoms with van der Waals surface area (Å²) in [6, 6.07) is 10.6. The van der Waals surface area contributed by atoms with Gasteiger partial charge >= 0.3 is 0 Å². The molecule has 0 aliphatic heterocycles. The molecule has 152 valence electrons. The molecule has 1 amide bonds. The van der Waals surface area contributed by atoms with Crippen molar-refractivity contribution >= 4 is 21.6 Å². The summed E-state index contributed by atoms with van der Waals surface area (Å²) < 4.78 is 31.2. The van der Waals surface area contributed by atoms with Crippen LogP contribution >= 0.6 is 0 Å². The van der Waals surface area contributed by atoms with E-state index >= 15 is 0 Å². The molecule has 1 N–H and O–H groups in total. The van der Waals surface area contributed by atoms with Crippen LogP contribution in [-0.2, 0) is 27.7 Å². The number of nitrogens with one attached hydrogen (secondary N) is 1. The molecule has 0 radical (unpaired) electrons. The van der Waals surface area contributed by atoms with Crippen LogP contribution in [0, 0.1) is 6.92 Å². The van der Waals surface area contributed by atoms with E-state index in [4.69, 9.17) is 4.74 Å². The first-order valence-corrected chi connectivity index (χ1v) is 10.7. The van der Waals surface area contributed by atoms with Crippen molar-refractivity contribution in [3.8, 4) is 5.75 Å². The summed E-state index contributed by atoms with van der Waals surface area (Å²) in [4.78, 5) is 12.6. The number of hydrogen-bond acceptors (Lipinski definition) is 4. The number of amides is 1. The van der Waals surface area contributed by atoms with E-state index in [1.54, 1.807) is 19.1 Å². The minimum Gasteiger partial charge on any atom is -0.483 e. The molecule has 0 atom stereocenters. The molecule has 2 aromatic rings. The Balaban J connectivity index is 2.10. The lowest BCUT2D eigenvalue weighted by molar-refractivity contribution is -0.118. The number of benzene rings is 2. The second-order valence-corrected chi connectivity index (χ2v) is 8.86. The molecule has 28 heavy (non-hydrogen) atoms. The SMILES string of the molecule is CCc1cccc(CC)c1NC(=O)COc1ccc(S(=O)(=O)N(C)C)cc1C. The molecule has 0 spiro atoms. The maximum atomic E-state index is 12.4. The Hall–Kier alpha value is -2.38. The number of sulfonamides is 1. The number of nitrogens with zero attached hydrogens (tertiary/aromatic N) is 1. The third-order valence-corrected chi connectivity index (χ3v) is 6.36. The quantitative estimate of drug-likeness (QED) is 0.732. The molecule has 2 rings (SSSR count). The lowest BCUT2D eigenvalue weighted by Crippen LogP contribution is -2.23. The highest BCUT2D eigenvalue weighted by Gasteiger charge is 2.18. The van der Waals surface area contributed by atoms with E-state index in [-0.39, 0.29) is 17.4 Å². The van der Waals surface area contributed by atoms with Crippen LogP contribution in [0.5, 0.6) is 5.75 Å². The van der Waals surface area contributed by atoms with E-state index in [0.717, 1.165) is 34.0 Å². The van der Waals surface area contributed by atoms with Crippen molar-refractivity contribution < 1.29 is 17.9 Å². The zero-order valence-electron chi connectivity index (χ0n) is 17.1. The largest absolute Gasteiger partial charge is 0.483 e. The number of rotatable bonds is 8. The van der Waals surface area contributed by atoms with E-state index in [1.165, 1.54) is 20.2 Å². The highest BCUT2D eigenvalue weighted by Crippen LogP contribution is 2.24. The molecule has 0 saturated carbocycles. The molecule has 0 aliphatic carbocycles. The first kappa shape index (κ1) is 21.9. The lowest BCUT2D eigenvalue weighted by atomic mass is 10.0. The van der Waals surface area contributed by atoms with Gasteiger partial charge in [0.1, 0.15) is 5.75 Å². The third-order valence-electron chi connectivity index (χ3n) is 4.55. The van der Waals surface area contributed by atoms with Crippen LogP contribution in [0.2, 0.25) is 0 Å². The van der Waals surface area contributed by atoms with Gasteiger partial charge in [-0.1, -0.05) is 32.0 Å². The first-order chi connectivity index (χ1) is 13.2. The minimum absolute atomic E-state index is 0.151. The molecule has 0 saturated heterocycles. The number of carbonyl (C=O) groups is 1. The highest BCUT2D eigenvalue weighted by molar-refractivity contribution is 7.89. The van der Waals surface area contributed by atoms with Crippen molar-refractivity contribution in [2.75, 3.05) is 26.0 Å². The summed E-state index contributed by atoms with van der Waals surface area (Å²) in [7, 11) is -0.537. The first-order valence-electron chi connectivity index (χ1n) is 9.27. The predicted molar refractivity (Wildman–Crippen MR) is 111 cm³/mol. The molecule has 6 nitrogen and oxygen atoms in total. The highest BCUT2D eigenvalue weighted by atomic mass is 32.2. The molecule has 7 heteroatoms. The average molecular weight is 405 g/mol. The Morgan fingerprint density at radius 2 is 1.68 bits per heavy atom. The molecule has 0 heterocycles. The van der Waals surface area contributed by atoms with E-state index in [2.05, 4.69) is 5.32 Å². The predicted octanol–water partition coefficient (Wildman–Crippen LogP) is 3.39. The van der Waals surface area contributed by atoms with Gasteiger partial charge < -0.3 is 10.1 Å². The van der Waals surface area contributed by atoms with Crippen LogP contribution in [0.15, 0.2) is 41.3 Å². The second kappa shape index (κ2) is 9.21. The molecule has 0 fully saturated rings. The topological polar surface area (TPSA) is 75.7 Å². The van der Waals surface area contributed by atoms with Gasteiger partial charge in [-0.15, -0.1) is 0 Å². The standard InChI is InChI=1S/C21H28N2O4S/c1-6-16-9-8-10-17(7-2)21(16)22-20(24)14-27-19-12-11-18(13-15(19)3)28(25,26)23(4)5/h8-13H,6-7,14H2,1-5H3,(H,22,24). The number of carbonyl (C=O) groups excluding carboxylic acids is 1. The van der Waals surface area contributed by atoms with Crippen molar-refractivity contribution in [1.29, 1.82) is 0 Å². The van der Waals surface area contributed by atoms with Gasteiger partial charge in [0.15, 0.2) is 6.61 Å². The minimum atomic E-state index is -3.51. The van der Waals surface area contributed by atoms with E-state index in [1.807, 2.05) is 32.0 Å². The van der Waals surface area contributed by atoms with Crippen LogP contribution in [-0.4, -0.2) is 39.3 Å². The fraction of sp³-hybridized carbons (Fsp3) is 0.381. The Morgan fingerprint density at radius 1 is 1.07 bits per heavy atom. The zero-order valence-corrected chi connectivity index (χ0v) is 17.9. The number of hydrogen-bond donors (Lipinski definition) is 1. The molecular formula is C21H28N2O4S. The van der Waals surface area contributed by atoms with Gasteiger partial charge in [-0.2, -0.15) is 0 Å². The normalized spacial score (nSPS) is 11.5. The summed E-state index contributed by atoms with van der Waals surface area (Å²) in [5.41, 5.74) is 3.67. The van der Waals surface area contributed by atoms with Crippen molar-refractivity contribution in [3.05, 3.63) is 53.1 Å². The Morgan fingerprint density at radius 3 is 2.18 bits per heavy atom. The zero-order chi connectivity index (χ0) is 20.9. The Bertz CT molecular complexity index is 931. The van der Waals surface area contributed by atoms with Crippen molar-refractivity contribution in [2.24, 2.45) is 0 Å². The van der Waals surface area contributed by atoms with E-state index in [9.17, 15) is 13.2 Å². The van der Waals surface area contributed by atoms with E-state index < -0.39 is 10.0 Å².